The smallest absolute Gasteiger partial charge is 0.109 e. The molecule has 0 saturated heterocycles. The Labute approximate surface area is 75.2 Å². The van der Waals surface area contributed by atoms with Crippen LogP contribution in [0.3, 0.4) is 0 Å². The molecule has 68 valence electrons. The Hall–Kier alpha value is -0.550. The van der Waals surface area contributed by atoms with Gasteiger partial charge in [0.05, 0.1) is 6.07 Å². The van der Waals surface area contributed by atoms with E-state index in [2.05, 4.69) is 24.9 Å². The highest BCUT2D eigenvalue weighted by molar-refractivity contribution is 5.10. The molecule has 0 aromatic rings. The summed E-state index contributed by atoms with van der Waals surface area (Å²) >= 11 is 0. The summed E-state index contributed by atoms with van der Waals surface area (Å²) in [5.41, 5.74) is -0.115. The van der Waals surface area contributed by atoms with E-state index < -0.39 is 0 Å². The zero-order valence-electron chi connectivity index (χ0n) is 8.14. The van der Waals surface area contributed by atoms with Crippen molar-refractivity contribution >= 4 is 0 Å². The lowest BCUT2D eigenvalue weighted by molar-refractivity contribution is 0.180. The van der Waals surface area contributed by atoms with Crippen LogP contribution in [0.25, 0.3) is 0 Å². The minimum absolute atomic E-state index is 0.115. The molecule has 2 nitrogen and oxygen atoms in total. The molecule has 0 aromatic carbocycles. The van der Waals surface area contributed by atoms with Gasteiger partial charge in [0.15, 0.2) is 0 Å². The van der Waals surface area contributed by atoms with Gasteiger partial charge in [0.2, 0.25) is 0 Å². The minimum atomic E-state index is -0.115. The first-order valence-electron chi connectivity index (χ1n) is 4.87. The molecule has 0 aliphatic heterocycles. The maximum absolute atomic E-state index is 9.12. The largest absolute Gasteiger partial charge is 0.289 e. The van der Waals surface area contributed by atoms with Crippen LogP contribution in [0.5, 0.6) is 0 Å². The van der Waals surface area contributed by atoms with E-state index in [1.807, 2.05) is 0 Å². The van der Waals surface area contributed by atoms with Gasteiger partial charge in [-0.2, -0.15) is 5.26 Å². The Kier molecular flexibility index (Phi) is 3.11. The molecule has 0 atom stereocenters. The fraction of sp³-hybridized carbons (Fsp3) is 0.900. The molecule has 0 heterocycles. The summed E-state index contributed by atoms with van der Waals surface area (Å²) in [4.78, 5) is 2.24. The fourth-order valence-corrected chi connectivity index (χ4v) is 2.09. The molecule has 0 spiro atoms. The number of nitrogens with zero attached hydrogens (tertiary/aromatic N) is 2. The van der Waals surface area contributed by atoms with E-state index in [0.29, 0.717) is 0 Å². The highest BCUT2D eigenvalue weighted by atomic mass is 15.2. The van der Waals surface area contributed by atoms with E-state index in [0.717, 1.165) is 25.8 Å². The number of rotatable bonds is 3. The molecule has 1 saturated carbocycles. The molecule has 0 unspecified atom stereocenters. The molecule has 0 aromatic heterocycles. The maximum Gasteiger partial charge on any atom is 0.109 e. The standard InChI is InChI=1S/C10H18N2/c1-3-8-12(2)10(9-11)6-4-5-7-10/h3-8H2,1-2H3. The molecular formula is C10H18N2. The van der Waals surface area contributed by atoms with E-state index in [-0.39, 0.29) is 5.54 Å². The highest BCUT2D eigenvalue weighted by Gasteiger charge is 2.37. The van der Waals surface area contributed by atoms with Gasteiger partial charge in [-0.25, -0.2) is 0 Å². The minimum Gasteiger partial charge on any atom is -0.289 e. The van der Waals surface area contributed by atoms with Gasteiger partial charge in [-0.1, -0.05) is 19.8 Å². The summed E-state index contributed by atoms with van der Waals surface area (Å²) in [5, 5.41) is 9.12. The van der Waals surface area contributed by atoms with Crippen LogP contribution in [-0.4, -0.2) is 24.0 Å². The third kappa shape index (κ3) is 1.61. The van der Waals surface area contributed by atoms with Crippen molar-refractivity contribution < 1.29 is 0 Å². The summed E-state index contributed by atoms with van der Waals surface area (Å²) in [5.74, 6) is 0. The Morgan fingerprint density at radius 2 is 2.00 bits per heavy atom. The van der Waals surface area contributed by atoms with Gasteiger partial charge in [0.25, 0.3) is 0 Å². The van der Waals surface area contributed by atoms with E-state index in [4.69, 9.17) is 5.26 Å². The predicted octanol–water partition coefficient (Wildman–Crippen LogP) is 2.16. The highest BCUT2D eigenvalue weighted by Crippen LogP contribution is 2.33. The first kappa shape index (κ1) is 9.54. The molecule has 1 fully saturated rings. The van der Waals surface area contributed by atoms with Gasteiger partial charge >= 0.3 is 0 Å². The zero-order chi connectivity index (χ0) is 9.03. The van der Waals surface area contributed by atoms with Crippen molar-refractivity contribution in [3.05, 3.63) is 0 Å². The molecule has 12 heavy (non-hydrogen) atoms. The number of hydrogen-bond acceptors (Lipinski definition) is 2. The SMILES string of the molecule is CCCN(C)C1(C#N)CCCC1. The first-order valence-corrected chi connectivity index (χ1v) is 4.87. The van der Waals surface area contributed by atoms with Crippen LogP contribution in [0.15, 0.2) is 0 Å². The Bertz CT molecular complexity index is 175. The summed E-state index contributed by atoms with van der Waals surface area (Å²) in [6, 6.07) is 2.49. The third-order valence-electron chi connectivity index (χ3n) is 2.93. The Balaban J connectivity index is 2.60. The lowest BCUT2D eigenvalue weighted by Gasteiger charge is -2.31. The van der Waals surface area contributed by atoms with Crippen LogP contribution < -0.4 is 0 Å². The second kappa shape index (κ2) is 3.91. The van der Waals surface area contributed by atoms with Gasteiger partial charge in [0, 0.05) is 0 Å². The fourth-order valence-electron chi connectivity index (χ4n) is 2.09. The summed E-state index contributed by atoms with van der Waals surface area (Å²) in [6.45, 7) is 3.21. The van der Waals surface area contributed by atoms with Crippen LogP contribution in [0.4, 0.5) is 0 Å². The monoisotopic (exact) mass is 166 g/mol. The first-order chi connectivity index (χ1) is 5.75. The van der Waals surface area contributed by atoms with Crippen LogP contribution >= 0.6 is 0 Å². The van der Waals surface area contributed by atoms with Crippen molar-refractivity contribution in [3.8, 4) is 6.07 Å². The van der Waals surface area contributed by atoms with E-state index in [9.17, 15) is 0 Å². The van der Waals surface area contributed by atoms with E-state index in [1.165, 1.54) is 12.8 Å². The van der Waals surface area contributed by atoms with Crippen molar-refractivity contribution in [1.82, 2.24) is 4.90 Å². The Morgan fingerprint density at radius 1 is 1.42 bits per heavy atom. The second-order valence-electron chi connectivity index (χ2n) is 3.77. The summed E-state index contributed by atoms with van der Waals surface area (Å²) in [6.07, 6.45) is 5.73. The number of hydrogen-bond donors (Lipinski definition) is 0. The average molecular weight is 166 g/mol. The van der Waals surface area contributed by atoms with E-state index in [1.54, 1.807) is 0 Å². The molecule has 0 amide bonds. The zero-order valence-corrected chi connectivity index (χ0v) is 8.14. The lowest BCUT2D eigenvalue weighted by Crippen LogP contribution is -2.43. The van der Waals surface area contributed by atoms with Crippen molar-refractivity contribution in [2.45, 2.75) is 44.6 Å². The molecule has 1 aliphatic carbocycles. The van der Waals surface area contributed by atoms with Gasteiger partial charge in [-0.3, -0.25) is 4.90 Å². The van der Waals surface area contributed by atoms with Crippen LogP contribution in [-0.2, 0) is 0 Å². The van der Waals surface area contributed by atoms with Crippen molar-refractivity contribution in [2.24, 2.45) is 0 Å². The van der Waals surface area contributed by atoms with Crippen LogP contribution in [0.2, 0.25) is 0 Å². The predicted molar refractivity (Wildman–Crippen MR) is 49.7 cm³/mol. The van der Waals surface area contributed by atoms with Crippen molar-refractivity contribution in [1.29, 1.82) is 5.26 Å². The van der Waals surface area contributed by atoms with Crippen LogP contribution in [0.1, 0.15) is 39.0 Å². The molecule has 0 radical (unpaired) electrons. The maximum atomic E-state index is 9.12. The molecule has 1 aliphatic rings. The summed E-state index contributed by atoms with van der Waals surface area (Å²) < 4.78 is 0. The molecule has 0 N–H and O–H groups in total. The topological polar surface area (TPSA) is 27.0 Å². The van der Waals surface area contributed by atoms with Gasteiger partial charge in [0.1, 0.15) is 5.54 Å². The average Bonchev–Trinajstić information content (AvgIpc) is 2.54. The molecular weight excluding hydrogens is 148 g/mol. The van der Waals surface area contributed by atoms with Gasteiger partial charge < -0.3 is 0 Å². The van der Waals surface area contributed by atoms with Crippen LogP contribution in [0, 0.1) is 11.3 Å². The number of nitriles is 1. The quantitative estimate of drug-likeness (QED) is 0.642. The van der Waals surface area contributed by atoms with Crippen molar-refractivity contribution in [3.63, 3.8) is 0 Å². The normalized spacial score (nSPS) is 21.2. The Morgan fingerprint density at radius 3 is 2.42 bits per heavy atom. The second-order valence-corrected chi connectivity index (χ2v) is 3.77. The molecule has 2 heteroatoms. The van der Waals surface area contributed by atoms with Crippen molar-refractivity contribution in [2.75, 3.05) is 13.6 Å². The van der Waals surface area contributed by atoms with Gasteiger partial charge in [-0.05, 0) is 32.9 Å². The molecule has 1 rings (SSSR count). The lowest BCUT2D eigenvalue weighted by atomic mass is 9.98. The van der Waals surface area contributed by atoms with E-state index >= 15 is 0 Å². The molecule has 0 bridgehead atoms. The third-order valence-corrected chi connectivity index (χ3v) is 2.93. The van der Waals surface area contributed by atoms with Gasteiger partial charge in [-0.15, -0.1) is 0 Å². The summed E-state index contributed by atoms with van der Waals surface area (Å²) in [7, 11) is 2.08.